The smallest absolute Gasteiger partial charge is 0.347 e. The first-order chi connectivity index (χ1) is 10.3. The van der Waals surface area contributed by atoms with Crippen LogP contribution < -0.4 is 10.4 Å². The molecule has 8 heteroatoms. The molecule has 1 radical (unpaired) electrons. The molecule has 1 N–H and O–H groups in total. The van der Waals surface area contributed by atoms with Gasteiger partial charge in [-0.2, -0.15) is 5.21 Å². The summed E-state index contributed by atoms with van der Waals surface area (Å²) in [4.78, 5) is 12.1. The molecule has 1 aromatic carbocycles. The van der Waals surface area contributed by atoms with Crippen molar-refractivity contribution in [3.05, 3.63) is 34.7 Å². The minimum Gasteiger partial charge on any atom is -0.490 e. The Morgan fingerprint density at radius 3 is 2.95 bits per heavy atom. The van der Waals surface area contributed by atoms with Crippen LogP contribution >= 0.6 is 0 Å². The van der Waals surface area contributed by atoms with Crippen LogP contribution in [0, 0.1) is 0 Å². The SMILES string of the molecule is CCCCOc1cccc2cc(-c3nn[nH]n3)c(=O)oc12.[Na]. The maximum atomic E-state index is 12.1. The fourth-order valence-electron chi connectivity index (χ4n) is 1.99. The first kappa shape index (κ1) is 16.7. The molecular formula is C14H14N4NaO3. The molecule has 22 heavy (non-hydrogen) atoms. The topological polar surface area (TPSA) is 93.9 Å². The monoisotopic (exact) mass is 309 g/mol. The van der Waals surface area contributed by atoms with E-state index >= 15 is 0 Å². The van der Waals surface area contributed by atoms with Crippen LogP contribution in [-0.4, -0.2) is 56.8 Å². The molecule has 0 unspecified atom stereocenters. The number of benzene rings is 1. The standard InChI is InChI=1S/C14H14N4O3.Na/c1-2-3-7-20-11-6-4-5-9-8-10(13-15-17-18-16-13)14(19)21-12(9)11;/h4-6,8H,2-3,7H2,1H3,(H,15,16,17,18);. The van der Waals surface area contributed by atoms with Crippen molar-refractivity contribution in [1.82, 2.24) is 20.6 Å². The number of tetrazole rings is 1. The Labute approximate surface area is 148 Å². The fourth-order valence-corrected chi connectivity index (χ4v) is 1.99. The molecule has 3 aromatic rings. The molecule has 0 aliphatic rings. The third kappa shape index (κ3) is 3.37. The third-order valence-electron chi connectivity index (χ3n) is 3.07. The number of rotatable bonds is 5. The normalized spacial score (nSPS) is 10.4. The van der Waals surface area contributed by atoms with E-state index in [0.717, 1.165) is 18.2 Å². The van der Waals surface area contributed by atoms with E-state index in [1.807, 2.05) is 12.1 Å². The number of nitrogens with zero attached hydrogens (tertiary/aromatic N) is 3. The van der Waals surface area contributed by atoms with Gasteiger partial charge < -0.3 is 9.15 Å². The van der Waals surface area contributed by atoms with Crippen molar-refractivity contribution in [1.29, 1.82) is 0 Å². The van der Waals surface area contributed by atoms with Gasteiger partial charge in [0.15, 0.2) is 11.3 Å². The van der Waals surface area contributed by atoms with Crippen LogP contribution in [0.25, 0.3) is 22.4 Å². The summed E-state index contributed by atoms with van der Waals surface area (Å²) in [6.45, 7) is 2.68. The zero-order valence-corrected chi connectivity index (χ0v) is 14.5. The van der Waals surface area contributed by atoms with Crippen molar-refractivity contribution < 1.29 is 9.15 Å². The van der Waals surface area contributed by atoms with Gasteiger partial charge in [-0.1, -0.05) is 25.5 Å². The van der Waals surface area contributed by atoms with Gasteiger partial charge in [0, 0.05) is 34.9 Å². The van der Waals surface area contributed by atoms with E-state index in [2.05, 4.69) is 27.5 Å². The molecular weight excluding hydrogens is 295 g/mol. The van der Waals surface area contributed by atoms with Crippen LogP contribution in [0.3, 0.4) is 0 Å². The fraction of sp³-hybridized carbons (Fsp3) is 0.286. The number of unbranched alkanes of at least 4 members (excludes halogenated alkanes) is 1. The van der Waals surface area contributed by atoms with Crippen molar-refractivity contribution in [2.75, 3.05) is 6.61 Å². The van der Waals surface area contributed by atoms with Crippen LogP contribution in [0.2, 0.25) is 0 Å². The summed E-state index contributed by atoms with van der Waals surface area (Å²) in [5.41, 5.74) is 0.184. The predicted molar refractivity (Wildman–Crippen MR) is 81.8 cm³/mol. The van der Waals surface area contributed by atoms with Gasteiger partial charge in [0.1, 0.15) is 5.56 Å². The van der Waals surface area contributed by atoms with E-state index in [1.54, 1.807) is 12.1 Å². The second-order valence-corrected chi connectivity index (χ2v) is 4.56. The van der Waals surface area contributed by atoms with Crippen molar-refractivity contribution in [3.63, 3.8) is 0 Å². The van der Waals surface area contributed by atoms with Crippen LogP contribution in [0.4, 0.5) is 0 Å². The molecule has 0 atom stereocenters. The molecule has 2 heterocycles. The Morgan fingerprint density at radius 1 is 1.36 bits per heavy atom. The van der Waals surface area contributed by atoms with E-state index in [1.165, 1.54) is 0 Å². The molecule has 3 rings (SSSR count). The number of hydrogen-bond donors (Lipinski definition) is 1. The molecule has 0 saturated carbocycles. The zero-order chi connectivity index (χ0) is 14.7. The second-order valence-electron chi connectivity index (χ2n) is 4.56. The molecule has 109 valence electrons. The molecule has 0 aliphatic heterocycles. The Bertz CT molecular complexity index is 801. The van der Waals surface area contributed by atoms with Gasteiger partial charge in [-0.05, 0) is 23.8 Å². The minimum absolute atomic E-state index is 0. The maximum Gasteiger partial charge on any atom is 0.347 e. The van der Waals surface area contributed by atoms with Crippen molar-refractivity contribution in [2.24, 2.45) is 0 Å². The maximum absolute atomic E-state index is 12.1. The van der Waals surface area contributed by atoms with E-state index in [9.17, 15) is 4.79 Å². The molecule has 7 nitrogen and oxygen atoms in total. The van der Waals surface area contributed by atoms with Gasteiger partial charge in [0.05, 0.1) is 6.61 Å². The van der Waals surface area contributed by atoms with Crippen LogP contribution in [0.5, 0.6) is 5.75 Å². The number of H-pyrrole nitrogens is 1. The van der Waals surface area contributed by atoms with Gasteiger partial charge in [-0.25, -0.2) is 4.79 Å². The zero-order valence-electron chi connectivity index (χ0n) is 12.5. The average Bonchev–Trinajstić information content (AvgIpc) is 3.01. The Hall–Kier alpha value is -1.70. The number of fused-ring (bicyclic) bond motifs is 1. The summed E-state index contributed by atoms with van der Waals surface area (Å²) < 4.78 is 11.0. The first-order valence-electron chi connectivity index (χ1n) is 6.73. The number of para-hydroxylation sites is 1. The number of ether oxygens (including phenoxy) is 1. The molecule has 2 aromatic heterocycles. The van der Waals surface area contributed by atoms with Crippen LogP contribution in [0.15, 0.2) is 33.5 Å². The van der Waals surface area contributed by atoms with Crippen molar-refractivity contribution >= 4 is 40.5 Å². The summed E-state index contributed by atoms with van der Waals surface area (Å²) in [7, 11) is 0. The first-order valence-corrected chi connectivity index (χ1v) is 6.73. The van der Waals surface area contributed by atoms with Gasteiger partial charge in [0.2, 0.25) is 5.82 Å². The summed E-state index contributed by atoms with van der Waals surface area (Å²) in [5.74, 6) is 0.778. The summed E-state index contributed by atoms with van der Waals surface area (Å²) >= 11 is 0. The summed E-state index contributed by atoms with van der Waals surface area (Å²) in [6, 6.07) is 7.16. The summed E-state index contributed by atoms with van der Waals surface area (Å²) in [6.07, 6.45) is 1.98. The van der Waals surface area contributed by atoms with Gasteiger partial charge in [0.25, 0.3) is 0 Å². The quantitative estimate of drug-likeness (QED) is 0.438. The van der Waals surface area contributed by atoms with Gasteiger partial charge in [-0.3, -0.25) is 0 Å². The summed E-state index contributed by atoms with van der Waals surface area (Å²) in [5, 5.41) is 14.1. The minimum atomic E-state index is -0.518. The van der Waals surface area contributed by atoms with Gasteiger partial charge in [-0.15, -0.1) is 10.2 Å². The third-order valence-corrected chi connectivity index (χ3v) is 3.07. The van der Waals surface area contributed by atoms with Crippen molar-refractivity contribution in [2.45, 2.75) is 19.8 Å². The number of hydrogen-bond acceptors (Lipinski definition) is 6. The molecule has 0 fully saturated rings. The molecule has 0 saturated heterocycles. The second kappa shape index (κ2) is 7.53. The largest absolute Gasteiger partial charge is 0.490 e. The number of nitrogens with one attached hydrogen (secondary N) is 1. The van der Waals surface area contributed by atoms with E-state index < -0.39 is 5.63 Å². The molecule has 0 spiro atoms. The van der Waals surface area contributed by atoms with Gasteiger partial charge >= 0.3 is 5.63 Å². The Balaban J connectivity index is 0.00000176. The van der Waals surface area contributed by atoms with E-state index in [0.29, 0.717) is 17.9 Å². The number of aromatic nitrogens is 4. The van der Waals surface area contributed by atoms with Crippen LogP contribution in [-0.2, 0) is 0 Å². The molecule has 0 amide bonds. The average molecular weight is 309 g/mol. The Kier molecular flexibility index (Phi) is 5.70. The van der Waals surface area contributed by atoms with Crippen LogP contribution in [0.1, 0.15) is 19.8 Å². The van der Waals surface area contributed by atoms with E-state index in [-0.39, 0.29) is 40.9 Å². The Morgan fingerprint density at radius 2 is 2.23 bits per heavy atom. The van der Waals surface area contributed by atoms with E-state index in [4.69, 9.17) is 9.15 Å². The molecule has 0 aliphatic carbocycles. The number of aromatic amines is 1. The predicted octanol–water partition coefficient (Wildman–Crippen LogP) is 1.77. The van der Waals surface area contributed by atoms with Crippen molar-refractivity contribution in [3.8, 4) is 17.1 Å². The molecule has 0 bridgehead atoms.